The van der Waals surface area contributed by atoms with Crippen molar-refractivity contribution in [2.75, 3.05) is 0 Å². The molecule has 0 atom stereocenters. The van der Waals surface area contributed by atoms with Crippen molar-refractivity contribution >= 4 is 0 Å². The van der Waals surface area contributed by atoms with Gasteiger partial charge < -0.3 is 5.11 Å². The molecule has 0 heterocycles. The topological polar surface area (TPSA) is 55.5 Å². The number of phenols is 1. The number of hydrogen-bond donors (Lipinski definition) is 2. The lowest BCUT2D eigenvalue weighted by Crippen LogP contribution is -2.01. The lowest BCUT2D eigenvalue weighted by Gasteiger charge is -2.03. The molecule has 1 aromatic rings. The van der Waals surface area contributed by atoms with E-state index in [2.05, 4.69) is 10.7 Å². The van der Waals surface area contributed by atoms with Crippen LogP contribution in [0.3, 0.4) is 0 Å². The molecular weight excluding hydrogens is 168 g/mol. The van der Waals surface area contributed by atoms with Gasteiger partial charge in [0.2, 0.25) is 0 Å². The summed E-state index contributed by atoms with van der Waals surface area (Å²) in [6.07, 6.45) is 0. The van der Waals surface area contributed by atoms with E-state index in [-0.39, 0.29) is 12.2 Å². The van der Waals surface area contributed by atoms with Crippen LogP contribution < -0.4 is 5.90 Å². The highest BCUT2D eigenvalue weighted by atomic mass is 19.1. The van der Waals surface area contributed by atoms with Gasteiger partial charge in [-0.15, -0.1) is 0 Å². The minimum Gasteiger partial charge on any atom is -0.507 e. The van der Waals surface area contributed by atoms with Crippen molar-refractivity contribution in [1.82, 2.24) is 0 Å². The van der Waals surface area contributed by atoms with Crippen molar-refractivity contribution in [1.29, 1.82) is 0 Å². The van der Waals surface area contributed by atoms with Crippen LogP contribution in [0.4, 0.5) is 8.78 Å². The maximum atomic E-state index is 12.8. The van der Waals surface area contributed by atoms with Crippen molar-refractivity contribution in [3.8, 4) is 5.75 Å². The minimum absolute atomic E-state index is 0.154. The second kappa shape index (κ2) is 3.46. The second-order valence-corrected chi connectivity index (χ2v) is 2.20. The fourth-order valence-electron chi connectivity index (χ4n) is 0.816. The summed E-state index contributed by atoms with van der Waals surface area (Å²) in [4.78, 5) is 4.11. The molecule has 3 nitrogen and oxygen atoms in total. The van der Waals surface area contributed by atoms with Crippen LogP contribution in [0.1, 0.15) is 5.56 Å². The van der Waals surface area contributed by atoms with Crippen LogP contribution in [0.5, 0.6) is 5.75 Å². The summed E-state index contributed by atoms with van der Waals surface area (Å²) < 4.78 is 25.1. The van der Waals surface area contributed by atoms with Crippen molar-refractivity contribution in [2.24, 2.45) is 5.90 Å². The smallest absolute Gasteiger partial charge is 0.135 e. The van der Waals surface area contributed by atoms with E-state index in [0.29, 0.717) is 6.07 Å². The first-order valence-electron chi connectivity index (χ1n) is 3.13. The van der Waals surface area contributed by atoms with Crippen LogP contribution in [-0.4, -0.2) is 5.11 Å². The maximum absolute atomic E-state index is 12.8. The fourth-order valence-corrected chi connectivity index (χ4v) is 0.816. The summed E-state index contributed by atoms with van der Waals surface area (Å²) in [6, 6.07) is 1.44. The van der Waals surface area contributed by atoms with E-state index in [0.717, 1.165) is 6.07 Å². The molecule has 0 radical (unpaired) electrons. The number of hydrogen-bond acceptors (Lipinski definition) is 3. The number of benzene rings is 1. The standard InChI is InChI=1S/C7H7F2NO2/c8-4-1-6(9)5(3-12-10)7(11)2-4/h1-2,11H,3,10H2. The summed E-state index contributed by atoms with van der Waals surface area (Å²) in [7, 11) is 0. The Labute approximate surface area is 67.3 Å². The van der Waals surface area contributed by atoms with Gasteiger partial charge in [0.25, 0.3) is 0 Å². The molecule has 0 unspecified atom stereocenters. The van der Waals surface area contributed by atoms with Crippen LogP contribution in [-0.2, 0) is 11.4 Å². The van der Waals surface area contributed by atoms with Crippen LogP contribution in [0.15, 0.2) is 12.1 Å². The van der Waals surface area contributed by atoms with Gasteiger partial charge in [0, 0.05) is 12.1 Å². The van der Waals surface area contributed by atoms with E-state index in [1.165, 1.54) is 0 Å². The average Bonchev–Trinajstić information content (AvgIpc) is 1.96. The first-order valence-corrected chi connectivity index (χ1v) is 3.13. The molecule has 0 aliphatic heterocycles. The Kier molecular flexibility index (Phi) is 2.57. The molecule has 0 aromatic heterocycles. The molecule has 3 N–H and O–H groups in total. The molecule has 0 aliphatic carbocycles. The van der Waals surface area contributed by atoms with Gasteiger partial charge >= 0.3 is 0 Å². The number of phenolic OH excluding ortho intramolecular Hbond substituents is 1. The highest BCUT2D eigenvalue weighted by molar-refractivity contribution is 5.33. The van der Waals surface area contributed by atoms with Crippen LogP contribution in [0.25, 0.3) is 0 Å². The van der Waals surface area contributed by atoms with E-state index >= 15 is 0 Å². The first-order chi connectivity index (χ1) is 5.65. The quantitative estimate of drug-likeness (QED) is 0.661. The maximum Gasteiger partial charge on any atom is 0.135 e. The van der Waals surface area contributed by atoms with Gasteiger partial charge in [-0.1, -0.05) is 0 Å². The lowest BCUT2D eigenvalue weighted by atomic mass is 10.2. The van der Waals surface area contributed by atoms with E-state index in [1.54, 1.807) is 0 Å². The summed E-state index contributed by atoms with van der Waals surface area (Å²) in [6.45, 7) is -0.294. The Hall–Kier alpha value is -1.20. The van der Waals surface area contributed by atoms with Gasteiger partial charge in [-0.2, -0.15) is 0 Å². The zero-order valence-corrected chi connectivity index (χ0v) is 6.05. The molecule has 0 aliphatic rings. The lowest BCUT2D eigenvalue weighted by molar-refractivity contribution is 0.119. The molecule has 66 valence electrons. The Morgan fingerprint density at radius 2 is 2.08 bits per heavy atom. The number of halogens is 2. The normalized spacial score (nSPS) is 10.2. The fraction of sp³-hybridized carbons (Fsp3) is 0.143. The molecule has 0 amide bonds. The molecule has 0 fully saturated rings. The first kappa shape index (κ1) is 8.89. The van der Waals surface area contributed by atoms with E-state index in [4.69, 9.17) is 5.11 Å². The van der Waals surface area contributed by atoms with E-state index in [1.807, 2.05) is 0 Å². The van der Waals surface area contributed by atoms with E-state index in [9.17, 15) is 8.78 Å². The monoisotopic (exact) mass is 175 g/mol. The third kappa shape index (κ3) is 1.69. The third-order valence-corrected chi connectivity index (χ3v) is 1.36. The Morgan fingerprint density at radius 1 is 1.42 bits per heavy atom. The van der Waals surface area contributed by atoms with Gasteiger partial charge in [-0.05, 0) is 0 Å². The Balaban J connectivity index is 3.10. The predicted octanol–water partition coefficient (Wildman–Crippen LogP) is 1.06. The zero-order chi connectivity index (χ0) is 9.14. The molecule has 12 heavy (non-hydrogen) atoms. The van der Waals surface area contributed by atoms with Crippen molar-refractivity contribution in [2.45, 2.75) is 6.61 Å². The van der Waals surface area contributed by atoms with Gasteiger partial charge in [0.1, 0.15) is 17.4 Å². The third-order valence-electron chi connectivity index (χ3n) is 1.36. The van der Waals surface area contributed by atoms with Crippen molar-refractivity contribution in [3.63, 3.8) is 0 Å². The number of rotatable bonds is 2. The van der Waals surface area contributed by atoms with Crippen molar-refractivity contribution in [3.05, 3.63) is 29.3 Å². The van der Waals surface area contributed by atoms with E-state index < -0.39 is 17.4 Å². The van der Waals surface area contributed by atoms with Crippen molar-refractivity contribution < 1.29 is 18.7 Å². The second-order valence-electron chi connectivity index (χ2n) is 2.20. The molecule has 0 bridgehead atoms. The molecule has 0 spiro atoms. The highest BCUT2D eigenvalue weighted by Gasteiger charge is 2.09. The van der Waals surface area contributed by atoms with Gasteiger partial charge in [0.05, 0.1) is 12.2 Å². The zero-order valence-electron chi connectivity index (χ0n) is 6.05. The SMILES string of the molecule is NOCc1c(O)cc(F)cc1F. The Bertz CT molecular complexity index is 268. The number of aromatic hydroxyl groups is 1. The number of nitrogens with two attached hydrogens (primary N) is 1. The summed E-state index contributed by atoms with van der Waals surface area (Å²) >= 11 is 0. The van der Waals surface area contributed by atoms with Crippen LogP contribution in [0, 0.1) is 11.6 Å². The van der Waals surface area contributed by atoms with Crippen LogP contribution in [0.2, 0.25) is 0 Å². The molecule has 1 aromatic carbocycles. The summed E-state index contributed by atoms with van der Waals surface area (Å²) in [5.74, 6) is 2.44. The predicted molar refractivity (Wildman–Crippen MR) is 37.0 cm³/mol. The van der Waals surface area contributed by atoms with Gasteiger partial charge in [-0.3, -0.25) is 4.84 Å². The largest absolute Gasteiger partial charge is 0.507 e. The summed E-state index contributed by atoms with van der Waals surface area (Å²) in [5.41, 5.74) is -0.154. The molecule has 1 rings (SSSR count). The van der Waals surface area contributed by atoms with Gasteiger partial charge in [-0.25, -0.2) is 14.7 Å². The average molecular weight is 175 g/mol. The van der Waals surface area contributed by atoms with Crippen LogP contribution >= 0.6 is 0 Å². The molecular formula is C7H7F2NO2. The molecule has 5 heteroatoms. The highest BCUT2D eigenvalue weighted by Crippen LogP contribution is 2.22. The molecule has 0 saturated heterocycles. The molecule has 0 saturated carbocycles. The summed E-state index contributed by atoms with van der Waals surface area (Å²) in [5, 5.41) is 8.99. The Morgan fingerprint density at radius 3 is 2.58 bits per heavy atom. The van der Waals surface area contributed by atoms with Gasteiger partial charge in [0.15, 0.2) is 0 Å². The minimum atomic E-state index is -0.877.